The van der Waals surface area contributed by atoms with Crippen molar-refractivity contribution >= 4 is 5.97 Å². The summed E-state index contributed by atoms with van der Waals surface area (Å²) in [5, 5.41) is 0. The number of hydrogen-bond donors (Lipinski definition) is 0. The monoisotopic (exact) mass is 364 g/mol. The fourth-order valence-electron chi connectivity index (χ4n) is 2.87. The molecule has 0 bridgehead atoms. The average Bonchev–Trinajstić information content (AvgIpc) is 2.67. The van der Waals surface area contributed by atoms with Crippen LogP contribution in [0.15, 0.2) is 30.3 Å². The largest absolute Gasteiger partial charge is 0.461 e. The van der Waals surface area contributed by atoms with Gasteiger partial charge < -0.3 is 14.2 Å². The molecule has 0 heterocycles. The lowest BCUT2D eigenvalue weighted by atomic mass is 10.1. The maximum absolute atomic E-state index is 12.6. The van der Waals surface area contributed by atoms with Crippen LogP contribution in [0.3, 0.4) is 0 Å². The molecule has 0 radical (unpaired) electrons. The standard InChI is InChI=1S/C22H36O4/c1-4-7-8-9-10-11-12-16-19-24-21(23)22(5-2,25-6-3)26-20-17-14-13-15-18-20/h13-15,17-18H,4-12,16,19H2,1-3H3. The minimum absolute atomic E-state index is 0.382. The molecule has 0 fully saturated rings. The lowest BCUT2D eigenvalue weighted by Crippen LogP contribution is -2.48. The number of carbonyl (C=O) groups excluding carboxylic acids is 1. The molecule has 0 aliphatic heterocycles. The van der Waals surface area contributed by atoms with Gasteiger partial charge in [-0.25, -0.2) is 4.79 Å². The second kappa shape index (κ2) is 13.6. The fourth-order valence-corrected chi connectivity index (χ4v) is 2.87. The van der Waals surface area contributed by atoms with Gasteiger partial charge in [-0.15, -0.1) is 0 Å². The minimum atomic E-state index is -1.36. The maximum atomic E-state index is 12.6. The van der Waals surface area contributed by atoms with E-state index in [1.165, 1.54) is 38.5 Å². The van der Waals surface area contributed by atoms with Crippen molar-refractivity contribution < 1.29 is 19.0 Å². The number of ether oxygens (including phenoxy) is 3. The van der Waals surface area contributed by atoms with Gasteiger partial charge in [0, 0.05) is 13.0 Å². The van der Waals surface area contributed by atoms with Crippen molar-refractivity contribution in [2.45, 2.75) is 84.3 Å². The highest BCUT2D eigenvalue weighted by molar-refractivity contribution is 5.78. The Morgan fingerprint density at radius 1 is 0.885 bits per heavy atom. The van der Waals surface area contributed by atoms with Crippen LogP contribution in [0, 0.1) is 0 Å². The molecule has 0 saturated heterocycles. The number of carbonyl (C=O) groups is 1. The van der Waals surface area contributed by atoms with Gasteiger partial charge in [-0.1, -0.05) is 77.0 Å². The van der Waals surface area contributed by atoms with E-state index in [9.17, 15) is 4.79 Å². The molecule has 1 aromatic carbocycles. The van der Waals surface area contributed by atoms with Gasteiger partial charge >= 0.3 is 11.8 Å². The molecule has 0 amide bonds. The van der Waals surface area contributed by atoms with E-state index < -0.39 is 11.8 Å². The van der Waals surface area contributed by atoms with Gasteiger partial charge in [-0.05, 0) is 25.5 Å². The van der Waals surface area contributed by atoms with Crippen LogP contribution in [-0.2, 0) is 14.3 Å². The van der Waals surface area contributed by atoms with Gasteiger partial charge in [-0.3, -0.25) is 0 Å². The summed E-state index contributed by atoms with van der Waals surface area (Å²) in [4.78, 5) is 12.6. The van der Waals surface area contributed by atoms with E-state index in [4.69, 9.17) is 14.2 Å². The molecule has 26 heavy (non-hydrogen) atoms. The lowest BCUT2D eigenvalue weighted by Gasteiger charge is -2.30. The topological polar surface area (TPSA) is 44.8 Å². The molecule has 0 aromatic heterocycles. The van der Waals surface area contributed by atoms with Gasteiger partial charge in [0.1, 0.15) is 5.75 Å². The van der Waals surface area contributed by atoms with E-state index in [0.29, 0.717) is 25.4 Å². The summed E-state index contributed by atoms with van der Waals surface area (Å²) in [5.41, 5.74) is 0. The van der Waals surface area contributed by atoms with Crippen molar-refractivity contribution in [3.63, 3.8) is 0 Å². The van der Waals surface area contributed by atoms with E-state index in [-0.39, 0.29) is 0 Å². The van der Waals surface area contributed by atoms with Gasteiger partial charge in [0.25, 0.3) is 0 Å². The zero-order chi connectivity index (χ0) is 19.1. The van der Waals surface area contributed by atoms with Gasteiger partial charge in [0.2, 0.25) is 0 Å². The third-order valence-corrected chi connectivity index (χ3v) is 4.41. The summed E-state index contributed by atoms with van der Waals surface area (Å²) in [6, 6.07) is 9.27. The van der Waals surface area contributed by atoms with E-state index in [1.54, 1.807) is 0 Å². The van der Waals surface area contributed by atoms with Crippen LogP contribution in [-0.4, -0.2) is 25.0 Å². The first-order chi connectivity index (χ1) is 12.7. The summed E-state index contributed by atoms with van der Waals surface area (Å²) < 4.78 is 17.1. The second-order valence-corrected chi connectivity index (χ2v) is 6.57. The van der Waals surface area contributed by atoms with Gasteiger partial charge in [0.15, 0.2) is 0 Å². The third kappa shape index (κ3) is 8.22. The molecule has 0 aliphatic rings. The quantitative estimate of drug-likeness (QED) is 0.221. The fraction of sp³-hybridized carbons (Fsp3) is 0.682. The molecule has 0 saturated carbocycles. The highest BCUT2D eigenvalue weighted by atomic mass is 16.7. The van der Waals surface area contributed by atoms with Crippen LogP contribution in [0.5, 0.6) is 5.75 Å². The number of hydrogen-bond acceptors (Lipinski definition) is 4. The molecular formula is C22H36O4. The van der Waals surface area contributed by atoms with Crippen molar-refractivity contribution in [1.82, 2.24) is 0 Å². The number of benzene rings is 1. The molecule has 1 unspecified atom stereocenters. The number of unbranched alkanes of at least 4 members (excludes halogenated alkanes) is 7. The van der Waals surface area contributed by atoms with Gasteiger partial charge in [0.05, 0.1) is 6.61 Å². The molecule has 1 aromatic rings. The highest BCUT2D eigenvalue weighted by Gasteiger charge is 2.42. The molecule has 1 rings (SSSR count). The predicted octanol–water partition coefficient (Wildman–Crippen LogP) is 5.89. The summed E-state index contributed by atoms with van der Waals surface area (Å²) >= 11 is 0. The molecule has 0 N–H and O–H groups in total. The second-order valence-electron chi connectivity index (χ2n) is 6.57. The van der Waals surface area contributed by atoms with Crippen molar-refractivity contribution in [1.29, 1.82) is 0 Å². The molecule has 0 aliphatic carbocycles. The zero-order valence-electron chi connectivity index (χ0n) is 16.8. The lowest BCUT2D eigenvalue weighted by molar-refractivity contribution is -0.217. The highest BCUT2D eigenvalue weighted by Crippen LogP contribution is 2.24. The van der Waals surface area contributed by atoms with E-state index in [1.807, 2.05) is 44.2 Å². The first-order valence-electron chi connectivity index (χ1n) is 10.2. The number of esters is 1. The maximum Gasteiger partial charge on any atom is 0.379 e. The van der Waals surface area contributed by atoms with Crippen LogP contribution in [0.25, 0.3) is 0 Å². The Bertz CT molecular complexity index is 474. The van der Waals surface area contributed by atoms with E-state index in [2.05, 4.69) is 6.92 Å². The zero-order valence-corrected chi connectivity index (χ0v) is 16.8. The molecule has 0 spiro atoms. The van der Waals surface area contributed by atoms with Crippen molar-refractivity contribution in [3.8, 4) is 5.75 Å². The Morgan fingerprint density at radius 2 is 1.50 bits per heavy atom. The van der Waals surface area contributed by atoms with E-state index >= 15 is 0 Å². The molecular weight excluding hydrogens is 328 g/mol. The molecule has 1 atom stereocenters. The number of para-hydroxylation sites is 1. The van der Waals surface area contributed by atoms with E-state index in [0.717, 1.165) is 12.8 Å². The molecule has 4 heteroatoms. The SMILES string of the molecule is CCCCCCCCCCOC(=O)C(CC)(OCC)Oc1ccccc1. The van der Waals surface area contributed by atoms with Crippen LogP contribution in [0.1, 0.15) is 78.6 Å². The first kappa shape index (κ1) is 22.5. The summed E-state index contributed by atoms with van der Waals surface area (Å²) in [5.74, 6) is -1.20. The van der Waals surface area contributed by atoms with Gasteiger partial charge in [-0.2, -0.15) is 0 Å². The molecule has 4 nitrogen and oxygen atoms in total. The Balaban J connectivity index is 2.39. The average molecular weight is 365 g/mol. The normalized spacial score (nSPS) is 13.2. The Morgan fingerprint density at radius 3 is 2.08 bits per heavy atom. The summed E-state index contributed by atoms with van der Waals surface area (Å²) in [7, 11) is 0. The van der Waals surface area contributed by atoms with Crippen LogP contribution >= 0.6 is 0 Å². The van der Waals surface area contributed by atoms with Crippen molar-refractivity contribution in [2.24, 2.45) is 0 Å². The Hall–Kier alpha value is -1.55. The predicted molar refractivity (Wildman–Crippen MR) is 105 cm³/mol. The third-order valence-electron chi connectivity index (χ3n) is 4.41. The number of rotatable bonds is 15. The summed E-state index contributed by atoms with van der Waals surface area (Å²) in [6.07, 6.45) is 10.1. The van der Waals surface area contributed by atoms with Crippen LogP contribution in [0.2, 0.25) is 0 Å². The van der Waals surface area contributed by atoms with Crippen molar-refractivity contribution in [2.75, 3.05) is 13.2 Å². The summed E-state index contributed by atoms with van der Waals surface area (Å²) in [6.45, 7) is 6.75. The Kier molecular flexibility index (Phi) is 11.8. The smallest absolute Gasteiger partial charge is 0.379 e. The molecule has 148 valence electrons. The Labute approximate surface area is 159 Å². The van der Waals surface area contributed by atoms with Crippen molar-refractivity contribution in [3.05, 3.63) is 30.3 Å². The first-order valence-corrected chi connectivity index (χ1v) is 10.2. The van der Waals surface area contributed by atoms with Crippen LogP contribution in [0.4, 0.5) is 0 Å². The minimum Gasteiger partial charge on any atom is -0.461 e. The van der Waals surface area contributed by atoms with Crippen LogP contribution < -0.4 is 4.74 Å².